The van der Waals surface area contributed by atoms with Gasteiger partial charge in [0.25, 0.3) is 0 Å². The quantitative estimate of drug-likeness (QED) is 0.734. The molecule has 0 atom stereocenters. The van der Waals surface area contributed by atoms with Gasteiger partial charge in [-0.15, -0.1) is 0 Å². The summed E-state index contributed by atoms with van der Waals surface area (Å²) in [7, 11) is 0. The maximum Gasteiger partial charge on any atom is 0.165 e. The molecule has 0 unspecified atom stereocenters. The fraction of sp³-hybridized carbons (Fsp3) is 0.600. The third kappa shape index (κ3) is 4.37. The zero-order chi connectivity index (χ0) is 12.8. The number of benzene rings is 1. The Kier molecular flexibility index (Phi) is 5.46. The summed E-state index contributed by atoms with van der Waals surface area (Å²) < 4.78 is 19.0. The molecule has 0 aliphatic heterocycles. The standard InChI is InChI=1S/C13H17FO.C2H6/c1-9(2)11-5-6-13(12(14)7-11)15-8-10-3-4-10;1-2/h5-7,9-10H,3-4,8H2,1-2H3;1-2H3. The highest BCUT2D eigenvalue weighted by atomic mass is 19.1. The van der Waals surface area contributed by atoms with Crippen molar-refractivity contribution in [1.82, 2.24) is 0 Å². The van der Waals surface area contributed by atoms with Gasteiger partial charge in [-0.25, -0.2) is 4.39 Å². The van der Waals surface area contributed by atoms with E-state index in [1.807, 2.05) is 19.9 Å². The van der Waals surface area contributed by atoms with E-state index in [0.29, 0.717) is 24.2 Å². The first-order valence-corrected chi connectivity index (χ1v) is 6.59. The molecule has 0 bridgehead atoms. The summed E-state index contributed by atoms with van der Waals surface area (Å²) in [5.74, 6) is 1.18. The van der Waals surface area contributed by atoms with Gasteiger partial charge in [-0.2, -0.15) is 0 Å². The largest absolute Gasteiger partial charge is 0.490 e. The third-order valence-electron chi connectivity index (χ3n) is 2.79. The average Bonchev–Trinajstić information content (AvgIpc) is 3.14. The Morgan fingerprint density at radius 3 is 2.41 bits per heavy atom. The van der Waals surface area contributed by atoms with E-state index in [-0.39, 0.29) is 5.82 Å². The molecule has 2 heteroatoms. The molecule has 2 rings (SSSR count). The van der Waals surface area contributed by atoms with E-state index in [2.05, 4.69) is 13.8 Å². The highest BCUT2D eigenvalue weighted by Crippen LogP contribution is 2.30. The lowest BCUT2D eigenvalue weighted by Gasteiger charge is -2.09. The van der Waals surface area contributed by atoms with Crippen molar-refractivity contribution in [2.75, 3.05) is 6.61 Å². The molecule has 1 fully saturated rings. The molecular weight excluding hydrogens is 215 g/mol. The van der Waals surface area contributed by atoms with Crippen LogP contribution in [0.25, 0.3) is 0 Å². The molecule has 17 heavy (non-hydrogen) atoms. The molecule has 1 nitrogen and oxygen atoms in total. The van der Waals surface area contributed by atoms with Gasteiger partial charge in [-0.1, -0.05) is 33.8 Å². The second kappa shape index (κ2) is 6.63. The number of rotatable bonds is 4. The van der Waals surface area contributed by atoms with Crippen LogP contribution in [0.1, 0.15) is 52.0 Å². The van der Waals surface area contributed by atoms with Gasteiger partial charge in [0.2, 0.25) is 0 Å². The van der Waals surface area contributed by atoms with Crippen molar-refractivity contribution in [1.29, 1.82) is 0 Å². The summed E-state index contributed by atoms with van der Waals surface area (Å²) >= 11 is 0. The van der Waals surface area contributed by atoms with Gasteiger partial charge in [0.05, 0.1) is 6.61 Å². The third-order valence-corrected chi connectivity index (χ3v) is 2.79. The number of halogens is 1. The number of hydrogen-bond acceptors (Lipinski definition) is 1. The van der Waals surface area contributed by atoms with E-state index in [1.54, 1.807) is 12.1 Å². The van der Waals surface area contributed by atoms with Crippen LogP contribution in [0, 0.1) is 11.7 Å². The van der Waals surface area contributed by atoms with Crippen LogP contribution in [-0.2, 0) is 0 Å². The molecule has 1 aliphatic rings. The van der Waals surface area contributed by atoms with E-state index < -0.39 is 0 Å². The summed E-state index contributed by atoms with van der Waals surface area (Å²) in [6.07, 6.45) is 2.46. The monoisotopic (exact) mass is 238 g/mol. The zero-order valence-electron chi connectivity index (χ0n) is 11.3. The minimum atomic E-state index is -0.234. The summed E-state index contributed by atoms with van der Waals surface area (Å²) in [4.78, 5) is 0. The molecule has 0 aromatic heterocycles. The van der Waals surface area contributed by atoms with Gasteiger partial charge in [0.15, 0.2) is 11.6 Å². The van der Waals surface area contributed by atoms with Crippen molar-refractivity contribution in [3.8, 4) is 5.75 Å². The second-order valence-electron chi connectivity index (χ2n) is 4.60. The molecule has 0 spiro atoms. The van der Waals surface area contributed by atoms with Crippen LogP contribution < -0.4 is 4.74 Å². The Labute approximate surface area is 104 Å². The molecule has 0 radical (unpaired) electrons. The predicted octanol–water partition coefficient (Wildman–Crippen LogP) is 4.76. The SMILES string of the molecule is CC.CC(C)c1ccc(OCC2CC2)c(F)c1. The molecule has 0 N–H and O–H groups in total. The fourth-order valence-electron chi connectivity index (χ4n) is 1.49. The van der Waals surface area contributed by atoms with Crippen LogP contribution in [0.2, 0.25) is 0 Å². The Morgan fingerprint density at radius 2 is 1.94 bits per heavy atom. The van der Waals surface area contributed by atoms with Gasteiger partial charge < -0.3 is 4.74 Å². The van der Waals surface area contributed by atoms with Gasteiger partial charge in [-0.3, -0.25) is 0 Å². The number of ether oxygens (including phenoxy) is 1. The van der Waals surface area contributed by atoms with E-state index in [0.717, 1.165) is 5.56 Å². The van der Waals surface area contributed by atoms with Crippen LogP contribution >= 0.6 is 0 Å². The lowest BCUT2D eigenvalue weighted by molar-refractivity contribution is 0.285. The van der Waals surface area contributed by atoms with Crippen molar-refractivity contribution >= 4 is 0 Å². The molecule has 96 valence electrons. The lowest BCUT2D eigenvalue weighted by atomic mass is 10.0. The highest BCUT2D eigenvalue weighted by Gasteiger charge is 2.22. The lowest BCUT2D eigenvalue weighted by Crippen LogP contribution is -2.01. The van der Waals surface area contributed by atoms with E-state index >= 15 is 0 Å². The fourth-order valence-corrected chi connectivity index (χ4v) is 1.49. The number of hydrogen-bond donors (Lipinski definition) is 0. The molecule has 1 saturated carbocycles. The van der Waals surface area contributed by atoms with Crippen molar-refractivity contribution in [2.45, 2.75) is 46.5 Å². The molecular formula is C15H23FO. The summed E-state index contributed by atoms with van der Waals surface area (Å²) in [5, 5.41) is 0. The van der Waals surface area contributed by atoms with Crippen LogP contribution in [-0.4, -0.2) is 6.61 Å². The normalized spacial score (nSPS) is 14.2. The van der Waals surface area contributed by atoms with E-state index in [4.69, 9.17) is 4.74 Å². The Bertz CT molecular complexity index is 343. The molecule has 1 aromatic carbocycles. The van der Waals surface area contributed by atoms with Crippen molar-refractivity contribution in [3.63, 3.8) is 0 Å². The first kappa shape index (κ1) is 14.0. The average molecular weight is 238 g/mol. The Morgan fingerprint density at radius 1 is 1.29 bits per heavy atom. The maximum absolute atomic E-state index is 13.6. The first-order valence-electron chi connectivity index (χ1n) is 6.59. The van der Waals surface area contributed by atoms with Crippen LogP contribution in [0.5, 0.6) is 5.75 Å². The van der Waals surface area contributed by atoms with Gasteiger partial charge >= 0.3 is 0 Å². The zero-order valence-corrected chi connectivity index (χ0v) is 11.3. The highest BCUT2D eigenvalue weighted by molar-refractivity contribution is 5.30. The van der Waals surface area contributed by atoms with Crippen LogP contribution in [0.4, 0.5) is 4.39 Å². The Balaban J connectivity index is 0.000000686. The van der Waals surface area contributed by atoms with Gasteiger partial charge in [-0.05, 0) is 42.4 Å². The smallest absolute Gasteiger partial charge is 0.165 e. The predicted molar refractivity (Wildman–Crippen MR) is 70.1 cm³/mol. The molecule has 1 aliphatic carbocycles. The van der Waals surface area contributed by atoms with Crippen molar-refractivity contribution < 1.29 is 9.13 Å². The van der Waals surface area contributed by atoms with Gasteiger partial charge in [0.1, 0.15) is 0 Å². The van der Waals surface area contributed by atoms with Crippen LogP contribution in [0.3, 0.4) is 0 Å². The van der Waals surface area contributed by atoms with Gasteiger partial charge in [0, 0.05) is 0 Å². The summed E-state index contributed by atoms with van der Waals surface area (Å²) in [5.41, 5.74) is 1.02. The van der Waals surface area contributed by atoms with E-state index in [1.165, 1.54) is 12.8 Å². The Hall–Kier alpha value is -1.05. The molecule has 1 aromatic rings. The molecule has 0 amide bonds. The van der Waals surface area contributed by atoms with Crippen LogP contribution in [0.15, 0.2) is 18.2 Å². The minimum Gasteiger partial charge on any atom is -0.490 e. The molecule has 0 heterocycles. The van der Waals surface area contributed by atoms with E-state index in [9.17, 15) is 4.39 Å². The second-order valence-corrected chi connectivity index (χ2v) is 4.60. The van der Waals surface area contributed by atoms with Crippen molar-refractivity contribution in [3.05, 3.63) is 29.6 Å². The first-order chi connectivity index (χ1) is 8.16. The maximum atomic E-state index is 13.6. The summed E-state index contributed by atoms with van der Waals surface area (Å²) in [6.45, 7) is 8.77. The van der Waals surface area contributed by atoms with Crippen molar-refractivity contribution in [2.24, 2.45) is 5.92 Å². The minimum absolute atomic E-state index is 0.234. The summed E-state index contributed by atoms with van der Waals surface area (Å²) in [6, 6.07) is 5.26. The topological polar surface area (TPSA) is 9.23 Å². The molecule has 0 saturated heterocycles.